The molecule has 1 heterocycles. The van der Waals surface area contributed by atoms with Gasteiger partial charge < -0.3 is 15.0 Å². The van der Waals surface area contributed by atoms with Crippen molar-refractivity contribution in [2.45, 2.75) is 32.2 Å². The van der Waals surface area contributed by atoms with Gasteiger partial charge in [-0.2, -0.15) is 5.26 Å². The van der Waals surface area contributed by atoms with Crippen molar-refractivity contribution in [1.82, 2.24) is 14.9 Å². The zero-order valence-corrected chi connectivity index (χ0v) is 12.9. The molecule has 0 spiro atoms. The molecule has 0 saturated heterocycles. The Kier molecular flexibility index (Phi) is 4.47. The Labute approximate surface area is 134 Å². The summed E-state index contributed by atoms with van der Waals surface area (Å²) in [6.07, 6.45) is 5.29. The second kappa shape index (κ2) is 6.69. The summed E-state index contributed by atoms with van der Waals surface area (Å²) in [5, 5.41) is 20.3. The number of amides is 1. The maximum absolute atomic E-state index is 10.6. The molecule has 23 heavy (non-hydrogen) atoms. The van der Waals surface area contributed by atoms with E-state index in [1.54, 1.807) is 6.07 Å². The SMILES string of the molecule is N#Cc1ccc2ncn(C[C@H]3CCCC(CNC(=O)O)C3)c2c1. The lowest BCUT2D eigenvalue weighted by Crippen LogP contribution is -2.31. The van der Waals surface area contributed by atoms with E-state index < -0.39 is 6.09 Å². The van der Waals surface area contributed by atoms with Gasteiger partial charge in [0, 0.05) is 13.1 Å². The number of nitrogens with one attached hydrogen (secondary N) is 1. The highest BCUT2D eigenvalue weighted by atomic mass is 16.4. The summed E-state index contributed by atoms with van der Waals surface area (Å²) < 4.78 is 2.12. The maximum atomic E-state index is 10.6. The van der Waals surface area contributed by atoms with Gasteiger partial charge in [-0.1, -0.05) is 6.42 Å². The van der Waals surface area contributed by atoms with E-state index in [9.17, 15) is 4.79 Å². The fraction of sp³-hybridized carbons (Fsp3) is 0.471. The van der Waals surface area contributed by atoms with E-state index in [1.165, 1.54) is 0 Å². The normalized spacial score (nSPS) is 21.0. The number of carbonyl (C=O) groups is 1. The molecule has 2 aromatic rings. The fourth-order valence-corrected chi connectivity index (χ4v) is 3.54. The first-order valence-corrected chi connectivity index (χ1v) is 7.97. The average molecular weight is 312 g/mol. The Hall–Kier alpha value is -2.55. The molecule has 0 bridgehead atoms. The largest absolute Gasteiger partial charge is 0.465 e. The van der Waals surface area contributed by atoms with Crippen molar-refractivity contribution in [2.75, 3.05) is 6.54 Å². The van der Waals surface area contributed by atoms with E-state index in [-0.39, 0.29) is 0 Å². The second-order valence-corrected chi connectivity index (χ2v) is 6.30. The van der Waals surface area contributed by atoms with Crippen LogP contribution in [0.2, 0.25) is 0 Å². The Morgan fingerprint density at radius 2 is 2.26 bits per heavy atom. The van der Waals surface area contributed by atoms with Crippen molar-refractivity contribution >= 4 is 17.1 Å². The highest BCUT2D eigenvalue weighted by Gasteiger charge is 2.23. The third-order valence-corrected chi connectivity index (χ3v) is 4.64. The zero-order valence-electron chi connectivity index (χ0n) is 12.9. The van der Waals surface area contributed by atoms with Crippen LogP contribution in [0.5, 0.6) is 0 Å². The van der Waals surface area contributed by atoms with Crippen LogP contribution < -0.4 is 5.32 Å². The van der Waals surface area contributed by atoms with Crippen LogP contribution in [0.25, 0.3) is 11.0 Å². The molecule has 6 nitrogen and oxygen atoms in total. The first-order valence-electron chi connectivity index (χ1n) is 7.97. The molecule has 3 rings (SSSR count). The van der Waals surface area contributed by atoms with Crippen molar-refractivity contribution in [3.63, 3.8) is 0 Å². The van der Waals surface area contributed by atoms with Crippen LogP contribution in [0, 0.1) is 23.2 Å². The number of hydrogen-bond acceptors (Lipinski definition) is 3. The predicted molar refractivity (Wildman–Crippen MR) is 85.9 cm³/mol. The van der Waals surface area contributed by atoms with Crippen LogP contribution in [-0.4, -0.2) is 27.3 Å². The first kappa shape index (κ1) is 15.3. The van der Waals surface area contributed by atoms with E-state index in [0.29, 0.717) is 23.9 Å². The number of aromatic nitrogens is 2. The van der Waals surface area contributed by atoms with Gasteiger partial charge in [0.2, 0.25) is 0 Å². The maximum Gasteiger partial charge on any atom is 0.404 e. The molecule has 1 aromatic carbocycles. The van der Waals surface area contributed by atoms with E-state index in [0.717, 1.165) is 43.3 Å². The number of hydrogen-bond donors (Lipinski definition) is 2. The highest BCUT2D eigenvalue weighted by Crippen LogP contribution is 2.30. The van der Waals surface area contributed by atoms with E-state index in [2.05, 4.69) is 20.9 Å². The summed E-state index contributed by atoms with van der Waals surface area (Å²) in [4.78, 5) is 15.0. The molecule has 1 aliphatic carbocycles. The summed E-state index contributed by atoms with van der Waals surface area (Å²) in [6, 6.07) is 7.72. The lowest BCUT2D eigenvalue weighted by molar-refractivity contribution is 0.185. The number of fused-ring (bicyclic) bond motifs is 1. The number of nitriles is 1. The lowest BCUT2D eigenvalue weighted by atomic mass is 9.81. The second-order valence-electron chi connectivity index (χ2n) is 6.30. The Morgan fingerprint density at radius 1 is 1.43 bits per heavy atom. The number of rotatable bonds is 4. The predicted octanol–water partition coefficient (Wildman–Crippen LogP) is 2.98. The standard InChI is InChI=1S/C17H20N4O2/c18-8-12-4-5-15-16(7-12)21(11-20-15)10-14-3-1-2-13(6-14)9-19-17(22)23/h4-5,7,11,13-14,19H,1-3,6,9-10H2,(H,22,23)/t13?,14-/m0/s1. The summed E-state index contributed by atoms with van der Waals surface area (Å²) in [5.41, 5.74) is 2.55. The van der Waals surface area contributed by atoms with Gasteiger partial charge >= 0.3 is 6.09 Å². The summed E-state index contributed by atoms with van der Waals surface area (Å²) in [7, 11) is 0. The fourth-order valence-electron chi connectivity index (χ4n) is 3.54. The molecule has 1 amide bonds. The first-order chi connectivity index (χ1) is 11.2. The minimum absolute atomic E-state index is 0.411. The molecule has 1 aromatic heterocycles. The topological polar surface area (TPSA) is 90.9 Å². The van der Waals surface area contributed by atoms with Crippen molar-refractivity contribution in [3.05, 3.63) is 30.1 Å². The van der Waals surface area contributed by atoms with Crippen molar-refractivity contribution in [3.8, 4) is 6.07 Å². The molecule has 1 aliphatic rings. The molecule has 0 radical (unpaired) electrons. The monoisotopic (exact) mass is 312 g/mol. The van der Waals surface area contributed by atoms with Crippen molar-refractivity contribution in [2.24, 2.45) is 11.8 Å². The Balaban J connectivity index is 1.69. The van der Waals surface area contributed by atoms with Gasteiger partial charge in [-0.25, -0.2) is 9.78 Å². The van der Waals surface area contributed by atoms with Gasteiger partial charge in [0.05, 0.1) is 29.0 Å². The van der Waals surface area contributed by atoms with Gasteiger partial charge in [-0.05, 0) is 49.3 Å². The number of benzene rings is 1. The summed E-state index contributed by atoms with van der Waals surface area (Å²) >= 11 is 0. The van der Waals surface area contributed by atoms with Crippen LogP contribution in [0.1, 0.15) is 31.2 Å². The van der Waals surface area contributed by atoms with Crippen molar-refractivity contribution in [1.29, 1.82) is 5.26 Å². The van der Waals surface area contributed by atoms with Gasteiger partial charge in [-0.3, -0.25) is 0 Å². The molecule has 6 heteroatoms. The van der Waals surface area contributed by atoms with Gasteiger partial charge in [0.15, 0.2) is 0 Å². The minimum Gasteiger partial charge on any atom is -0.465 e. The smallest absolute Gasteiger partial charge is 0.404 e. The third-order valence-electron chi connectivity index (χ3n) is 4.64. The van der Waals surface area contributed by atoms with Crippen LogP contribution >= 0.6 is 0 Å². The number of nitrogens with zero attached hydrogens (tertiary/aromatic N) is 3. The molecule has 2 N–H and O–H groups in total. The minimum atomic E-state index is -0.947. The van der Waals surface area contributed by atoms with Gasteiger partial charge in [0.25, 0.3) is 0 Å². The third kappa shape index (κ3) is 3.62. The Morgan fingerprint density at radius 3 is 3.04 bits per heavy atom. The molecule has 2 atom stereocenters. The quantitative estimate of drug-likeness (QED) is 0.908. The number of carboxylic acid groups (broad SMARTS) is 1. The molecule has 1 unspecified atom stereocenters. The molecule has 120 valence electrons. The molecule has 0 aliphatic heterocycles. The van der Waals surface area contributed by atoms with E-state index >= 15 is 0 Å². The van der Waals surface area contributed by atoms with Gasteiger partial charge in [0.1, 0.15) is 0 Å². The van der Waals surface area contributed by atoms with Gasteiger partial charge in [-0.15, -0.1) is 0 Å². The highest BCUT2D eigenvalue weighted by molar-refractivity contribution is 5.76. The van der Waals surface area contributed by atoms with E-state index in [4.69, 9.17) is 10.4 Å². The van der Waals surface area contributed by atoms with E-state index in [1.807, 2.05) is 18.5 Å². The van der Waals surface area contributed by atoms with Crippen LogP contribution in [-0.2, 0) is 6.54 Å². The summed E-state index contributed by atoms with van der Waals surface area (Å²) in [5.74, 6) is 0.932. The molecule has 1 fully saturated rings. The Bertz CT molecular complexity index is 747. The van der Waals surface area contributed by atoms with Crippen LogP contribution in [0.4, 0.5) is 4.79 Å². The number of imidazole rings is 1. The molecule has 1 saturated carbocycles. The van der Waals surface area contributed by atoms with Crippen molar-refractivity contribution < 1.29 is 9.90 Å². The molecular formula is C17H20N4O2. The van der Waals surface area contributed by atoms with Crippen LogP contribution in [0.3, 0.4) is 0 Å². The summed E-state index contributed by atoms with van der Waals surface area (Å²) in [6.45, 7) is 1.41. The average Bonchev–Trinajstić information content (AvgIpc) is 2.95. The molecular weight excluding hydrogens is 292 g/mol. The van der Waals surface area contributed by atoms with Crippen LogP contribution in [0.15, 0.2) is 24.5 Å². The lowest BCUT2D eigenvalue weighted by Gasteiger charge is -2.29. The zero-order chi connectivity index (χ0) is 16.2.